The smallest absolute Gasteiger partial charge is 0.339 e. The lowest BCUT2D eigenvalue weighted by atomic mass is 10.1. The zero-order valence-corrected chi connectivity index (χ0v) is 11.4. The van der Waals surface area contributed by atoms with Gasteiger partial charge >= 0.3 is 5.97 Å². The van der Waals surface area contributed by atoms with E-state index in [4.69, 9.17) is 0 Å². The summed E-state index contributed by atoms with van der Waals surface area (Å²) in [6, 6.07) is 5.50. The molecule has 0 radical (unpaired) electrons. The number of carboxylic acid groups (broad SMARTS) is 1. The van der Waals surface area contributed by atoms with E-state index in [1.165, 1.54) is 10.4 Å². The van der Waals surface area contributed by atoms with Crippen LogP contribution in [0, 0.1) is 6.92 Å². The molecule has 0 saturated carbocycles. The standard InChI is InChI=1S/C14H14N2O2S/c1-9-2-3-11(14(17)18)13(15-9)16-6-4-12-10(8-16)5-7-19-12/h2-3,5,7H,4,6,8H2,1H3,(H,17,18). The summed E-state index contributed by atoms with van der Waals surface area (Å²) in [6.45, 7) is 3.45. The molecule has 4 nitrogen and oxygen atoms in total. The first-order chi connectivity index (χ1) is 9.15. The lowest BCUT2D eigenvalue weighted by molar-refractivity contribution is 0.0697. The van der Waals surface area contributed by atoms with Gasteiger partial charge in [-0.05, 0) is 42.5 Å². The number of carboxylic acids is 1. The third kappa shape index (κ3) is 2.21. The van der Waals surface area contributed by atoms with Gasteiger partial charge in [0, 0.05) is 23.7 Å². The van der Waals surface area contributed by atoms with Gasteiger partial charge in [-0.15, -0.1) is 11.3 Å². The molecule has 1 N–H and O–H groups in total. The number of carbonyl (C=O) groups is 1. The third-order valence-electron chi connectivity index (χ3n) is 3.35. The fraction of sp³-hybridized carbons (Fsp3) is 0.286. The van der Waals surface area contributed by atoms with Crippen LogP contribution in [0.3, 0.4) is 0 Å². The summed E-state index contributed by atoms with van der Waals surface area (Å²) in [5.41, 5.74) is 2.41. The summed E-state index contributed by atoms with van der Waals surface area (Å²) in [7, 11) is 0. The van der Waals surface area contributed by atoms with Crippen LogP contribution < -0.4 is 4.90 Å². The van der Waals surface area contributed by atoms with Crippen molar-refractivity contribution in [3.8, 4) is 0 Å². The Morgan fingerprint density at radius 2 is 2.26 bits per heavy atom. The molecular formula is C14H14N2O2S. The molecule has 0 aliphatic carbocycles. The summed E-state index contributed by atoms with van der Waals surface area (Å²) >= 11 is 1.77. The molecule has 0 atom stereocenters. The summed E-state index contributed by atoms with van der Waals surface area (Å²) in [6.07, 6.45) is 0.960. The molecule has 0 aromatic carbocycles. The van der Waals surface area contributed by atoms with Crippen molar-refractivity contribution < 1.29 is 9.90 Å². The molecule has 2 aromatic heterocycles. The van der Waals surface area contributed by atoms with Crippen LogP contribution in [0.25, 0.3) is 0 Å². The maximum atomic E-state index is 11.3. The molecule has 3 rings (SSSR count). The van der Waals surface area contributed by atoms with Gasteiger partial charge in [-0.2, -0.15) is 0 Å². The van der Waals surface area contributed by atoms with Crippen molar-refractivity contribution in [2.75, 3.05) is 11.4 Å². The van der Waals surface area contributed by atoms with Crippen molar-refractivity contribution in [1.82, 2.24) is 4.98 Å². The summed E-state index contributed by atoms with van der Waals surface area (Å²) in [4.78, 5) is 19.2. The van der Waals surface area contributed by atoms with Crippen molar-refractivity contribution in [3.05, 3.63) is 45.3 Å². The highest BCUT2D eigenvalue weighted by atomic mass is 32.1. The topological polar surface area (TPSA) is 53.4 Å². The van der Waals surface area contributed by atoms with E-state index >= 15 is 0 Å². The number of pyridine rings is 1. The second-order valence-electron chi connectivity index (χ2n) is 4.67. The van der Waals surface area contributed by atoms with Gasteiger partial charge in [-0.1, -0.05) is 0 Å². The monoisotopic (exact) mass is 274 g/mol. The average molecular weight is 274 g/mol. The van der Waals surface area contributed by atoms with E-state index in [0.717, 1.165) is 25.2 Å². The van der Waals surface area contributed by atoms with Crippen molar-refractivity contribution in [3.63, 3.8) is 0 Å². The Morgan fingerprint density at radius 3 is 3.05 bits per heavy atom. The zero-order chi connectivity index (χ0) is 13.4. The highest BCUT2D eigenvalue weighted by molar-refractivity contribution is 7.10. The van der Waals surface area contributed by atoms with E-state index in [9.17, 15) is 9.90 Å². The van der Waals surface area contributed by atoms with Gasteiger partial charge in [0.1, 0.15) is 11.4 Å². The largest absolute Gasteiger partial charge is 0.478 e. The van der Waals surface area contributed by atoms with E-state index in [-0.39, 0.29) is 5.56 Å². The second kappa shape index (κ2) is 4.66. The van der Waals surface area contributed by atoms with Crippen LogP contribution in [0.1, 0.15) is 26.5 Å². The van der Waals surface area contributed by atoms with Crippen molar-refractivity contribution >= 4 is 23.1 Å². The minimum atomic E-state index is -0.918. The number of thiophene rings is 1. The van der Waals surface area contributed by atoms with Crippen LogP contribution in [-0.4, -0.2) is 22.6 Å². The lowest BCUT2D eigenvalue weighted by Crippen LogP contribution is -2.31. The van der Waals surface area contributed by atoms with Crippen molar-refractivity contribution in [1.29, 1.82) is 0 Å². The first kappa shape index (κ1) is 12.2. The molecule has 19 heavy (non-hydrogen) atoms. The number of rotatable bonds is 2. The zero-order valence-electron chi connectivity index (χ0n) is 10.6. The van der Waals surface area contributed by atoms with Gasteiger partial charge < -0.3 is 10.0 Å². The molecule has 1 aliphatic heterocycles. The van der Waals surface area contributed by atoms with E-state index in [1.807, 2.05) is 6.92 Å². The molecule has 0 bridgehead atoms. The highest BCUT2D eigenvalue weighted by Gasteiger charge is 2.22. The number of nitrogens with zero attached hydrogens (tertiary/aromatic N) is 2. The maximum absolute atomic E-state index is 11.3. The van der Waals surface area contributed by atoms with E-state index in [0.29, 0.717) is 5.82 Å². The Kier molecular flexibility index (Phi) is 2.98. The SMILES string of the molecule is Cc1ccc(C(=O)O)c(N2CCc3sccc3C2)n1. The number of hydrogen-bond acceptors (Lipinski definition) is 4. The van der Waals surface area contributed by atoms with Gasteiger partial charge in [-0.3, -0.25) is 0 Å². The molecule has 0 unspecified atom stereocenters. The molecule has 3 heterocycles. The molecule has 0 saturated heterocycles. The summed E-state index contributed by atoms with van der Waals surface area (Å²) < 4.78 is 0. The number of fused-ring (bicyclic) bond motifs is 1. The molecule has 98 valence electrons. The average Bonchev–Trinajstić information content (AvgIpc) is 2.85. The Hall–Kier alpha value is -1.88. The predicted molar refractivity (Wildman–Crippen MR) is 75.0 cm³/mol. The Balaban J connectivity index is 1.99. The van der Waals surface area contributed by atoms with Crippen molar-refractivity contribution in [2.45, 2.75) is 19.9 Å². The number of aryl methyl sites for hydroxylation is 1. The Bertz CT molecular complexity index is 636. The quantitative estimate of drug-likeness (QED) is 0.915. The molecule has 2 aromatic rings. The number of hydrogen-bond donors (Lipinski definition) is 1. The first-order valence-corrected chi connectivity index (χ1v) is 7.04. The van der Waals surface area contributed by atoms with Crippen molar-refractivity contribution in [2.24, 2.45) is 0 Å². The first-order valence-electron chi connectivity index (χ1n) is 6.16. The van der Waals surface area contributed by atoms with Crippen LogP contribution in [0.15, 0.2) is 23.6 Å². The predicted octanol–water partition coefficient (Wildman–Crippen LogP) is 2.71. The minimum absolute atomic E-state index is 0.282. The molecule has 0 fully saturated rings. The van der Waals surface area contributed by atoms with Gasteiger partial charge in [0.2, 0.25) is 0 Å². The second-order valence-corrected chi connectivity index (χ2v) is 5.67. The Labute approximate surface area is 115 Å². The number of aromatic nitrogens is 1. The minimum Gasteiger partial charge on any atom is -0.478 e. The van der Waals surface area contributed by atoms with Gasteiger partial charge in [0.15, 0.2) is 0 Å². The van der Waals surface area contributed by atoms with Gasteiger partial charge in [-0.25, -0.2) is 9.78 Å². The van der Waals surface area contributed by atoms with E-state index in [1.54, 1.807) is 23.5 Å². The van der Waals surface area contributed by atoms with Crippen LogP contribution >= 0.6 is 11.3 Å². The van der Waals surface area contributed by atoms with E-state index in [2.05, 4.69) is 21.3 Å². The molecule has 0 spiro atoms. The fourth-order valence-corrected chi connectivity index (χ4v) is 3.27. The fourth-order valence-electron chi connectivity index (χ4n) is 2.38. The summed E-state index contributed by atoms with van der Waals surface area (Å²) in [5, 5.41) is 11.4. The van der Waals surface area contributed by atoms with Gasteiger partial charge in [0.05, 0.1) is 0 Å². The molecule has 5 heteroatoms. The summed E-state index contributed by atoms with van der Waals surface area (Å²) in [5.74, 6) is -0.331. The molecule has 1 aliphatic rings. The molecular weight excluding hydrogens is 260 g/mol. The van der Waals surface area contributed by atoms with Crippen LogP contribution in [0.4, 0.5) is 5.82 Å². The van der Waals surface area contributed by atoms with E-state index < -0.39 is 5.97 Å². The lowest BCUT2D eigenvalue weighted by Gasteiger charge is -2.29. The molecule has 0 amide bonds. The highest BCUT2D eigenvalue weighted by Crippen LogP contribution is 2.28. The van der Waals surface area contributed by atoms with Crippen LogP contribution in [-0.2, 0) is 13.0 Å². The number of anilines is 1. The van der Waals surface area contributed by atoms with Crippen LogP contribution in [0.5, 0.6) is 0 Å². The van der Waals surface area contributed by atoms with Crippen LogP contribution in [0.2, 0.25) is 0 Å². The number of aromatic carboxylic acids is 1. The third-order valence-corrected chi connectivity index (χ3v) is 4.37. The Morgan fingerprint density at radius 1 is 1.42 bits per heavy atom. The maximum Gasteiger partial charge on any atom is 0.339 e. The van der Waals surface area contributed by atoms with Gasteiger partial charge in [0.25, 0.3) is 0 Å². The normalized spacial score (nSPS) is 14.3.